The summed E-state index contributed by atoms with van der Waals surface area (Å²) in [6.07, 6.45) is 4.03. The maximum absolute atomic E-state index is 12.1. The van der Waals surface area contributed by atoms with Crippen LogP contribution in [-0.4, -0.2) is 40.3 Å². The Morgan fingerprint density at radius 3 is 2.86 bits per heavy atom. The van der Waals surface area contributed by atoms with Crippen LogP contribution in [0.4, 0.5) is 5.82 Å². The molecule has 0 bridgehead atoms. The van der Waals surface area contributed by atoms with Gasteiger partial charge in [-0.25, -0.2) is 4.98 Å². The van der Waals surface area contributed by atoms with Crippen LogP contribution < -0.4 is 11.1 Å². The number of likely N-dealkylation sites (tertiary alicyclic amines) is 1. The molecule has 0 saturated carbocycles. The van der Waals surface area contributed by atoms with E-state index in [4.69, 9.17) is 17.3 Å². The number of piperidine rings is 1. The van der Waals surface area contributed by atoms with Crippen LogP contribution >= 0.6 is 11.6 Å². The van der Waals surface area contributed by atoms with E-state index in [-0.39, 0.29) is 18.4 Å². The van der Waals surface area contributed by atoms with Crippen molar-refractivity contribution in [1.29, 1.82) is 0 Å². The molecule has 0 radical (unpaired) electrons. The predicted molar refractivity (Wildman–Crippen MR) is 80.9 cm³/mol. The van der Waals surface area contributed by atoms with Crippen LogP contribution in [0, 0.1) is 0 Å². The van der Waals surface area contributed by atoms with Crippen molar-refractivity contribution in [1.82, 2.24) is 9.88 Å². The predicted octanol–water partition coefficient (Wildman–Crippen LogP) is 1.40. The van der Waals surface area contributed by atoms with E-state index in [1.54, 1.807) is 19.1 Å². The minimum Gasteiger partial charge on any atom is -0.368 e. The number of nitrogens with one attached hydrogen (secondary N) is 1. The second kappa shape index (κ2) is 6.41. The summed E-state index contributed by atoms with van der Waals surface area (Å²) in [5, 5.41) is 3.20. The van der Waals surface area contributed by atoms with Gasteiger partial charge in [-0.05, 0) is 44.9 Å². The zero-order chi connectivity index (χ0) is 15.5. The summed E-state index contributed by atoms with van der Waals surface area (Å²) in [5.41, 5.74) is 4.74. The Morgan fingerprint density at radius 2 is 2.24 bits per heavy atom. The van der Waals surface area contributed by atoms with Gasteiger partial charge in [-0.1, -0.05) is 11.6 Å². The SMILES string of the molecule is CC1(C(N)=O)CCCCN1CC(=O)Nc1ccc(Cl)cn1. The third-order valence-corrected chi connectivity index (χ3v) is 4.12. The van der Waals surface area contributed by atoms with Gasteiger partial charge >= 0.3 is 0 Å². The van der Waals surface area contributed by atoms with Crippen molar-refractivity contribution in [3.63, 3.8) is 0 Å². The van der Waals surface area contributed by atoms with Crippen molar-refractivity contribution in [2.75, 3.05) is 18.4 Å². The highest BCUT2D eigenvalue weighted by atomic mass is 35.5. The molecule has 114 valence electrons. The van der Waals surface area contributed by atoms with Crippen LogP contribution in [0.15, 0.2) is 18.3 Å². The van der Waals surface area contributed by atoms with Gasteiger partial charge in [0.1, 0.15) is 5.82 Å². The first-order valence-electron chi connectivity index (χ1n) is 6.88. The van der Waals surface area contributed by atoms with Crippen LogP contribution in [0.3, 0.4) is 0 Å². The summed E-state index contributed by atoms with van der Waals surface area (Å²) < 4.78 is 0. The molecule has 1 aromatic heterocycles. The molecule has 21 heavy (non-hydrogen) atoms. The molecule has 1 aromatic rings. The number of carbonyl (C=O) groups excluding carboxylic acids is 2. The summed E-state index contributed by atoms with van der Waals surface area (Å²) in [6, 6.07) is 3.28. The Balaban J connectivity index is 2.00. The first-order chi connectivity index (χ1) is 9.91. The van der Waals surface area contributed by atoms with E-state index in [0.717, 1.165) is 12.8 Å². The van der Waals surface area contributed by atoms with Crippen LogP contribution in [0.25, 0.3) is 0 Å². The van der Waals surface area contributed by atoms with E-state index < -0.39 is 5.54 Å². The maximum Gasteiger partial charge on any atom is 0.239 e. The van der Waals surface area contributed by atoms with Gasteiger partial charge in [0.2, 0.25) is 11.8 Å². The van der Waals surface area contributed by atoms with Crippen LogP contribution in [0.1, 0.15) is 26.2 Å². The van der Waals surface area contributed by atoms with Gasteiger partial charge in [-0.15, -0.1) is 0 Å². The Bertz CT molecular complexity index is 534. The minimum absolute atomic E-state index is 0.115. The summed E-state index contributed by atoms with van der Waals surface area (Å²) in [4.78, 5) is 29.6. The molecule has 6 nitrogen and oxygen atoms in total. The van der Waals surface area contributed by atoms with Gasteiger partial charge in [-0.2, -0.15) is 0 Å². The Kier molecular flexibility index (Phi) is 4.80. The molecule has 2 heterocycles. The van der Waals surface area contributed by atoms with Crippen LogP contribution in [0.5, 0.6) is 0 Å². The van der Waals surface area contributed by atoms with E-state index >= 15 is 0 Å². The Morgan fingerprint density at radius 1 is 1.48 bits per heavy atom. The number of nitrogens with zero attached hydrogens (tertiary/aromatic N) is 2. The third kappa shape index (κ3) is 3.71. The molecule has 2 rings (SSSR count). The van der Waals surface area contributed by atoms with E-state index in [2.05, 4.69) is 10.3 Å². The standard InChI is InChI=1S/C14H19ClN4O2/c1-14(13(16)21)6-2-3-7-19(14)9-12(20)18-11-5-4-10(15)8-17-11/h4-5,8H,2-3,6-7,9H2,1H3,(H2,16,21)(H,17,18,20). The summed E-state index contributed by atoms with van der Waals surface area (Å²) in [7, 11) is 0. The maximum atomic E-state index is 12.1. The molecular formula is C14H19ClN4O2. The smallest absolute Gasteiger partial charge is 0.239 e. The second-order valence-corrected chi connectivity index (χ2v) is 5.86. The van der Waals surface area contributed by atoms with E-state index in [9.17, 15) is 9.59 Å². The number of hydrogen-bond donors (Lipinski definition) is 2. The van der Waals surface area contributed by atoms with Crippen molar-refractivity contribution in [2.24, 2.45) is 5.73 Å². The number of pyridine rings is 1. The molecule has 3 N–H and O–H groups in total. The molecule has 1 unspecified atom stereocenters. The summed E-state index contributed by atoms with van der Waals surface area (Å²) in [5.74, 6) is -0.180. The third-order valence-electron chi connectivity index (χ3n) is 3.90. The van der Waals surface area contributed by atoms with Gasteiger partial charge in [0.25, 0.3) is 0 Å². The largest absolute Gasteiger partial charge is 0.368 e. The number of rotatable bonds is 4. The lowest BCUT2D eigenvalue weighted by Crippen LogP contribution is -2.59. The Hall–Kier alpha value is -1.66. The highest BCUT2D eigenvalue weighted by molar-refractivity contribution is 6.30. The number of nitrogens with two attached hydrogens (primary N) is 1. The van der Waals surface area contributed by atoms with Crippen molar-refractivity contribution in [3.05, 3.63) is 23.4 Å². The molecule has 1 saturated heterocycles. The Labute approximate surface area is 128 Å². The average molecular weight is 311 g/mol. The fourth-order valence-corrected chi connectivity index (χ4v) is 2.63. The number of amides is 2. The molecule has 0 aliphatic carbocycles. The highest BCUT2D eigenvalue weighted by Crippen LogP contribution is 2.27. The lowest BCUT2D eigenvalue weighted by molar-refractivity contribution is -0.133. The van der Waals surface area contributed by atoms with E-state index in [1.165, 1.54) is 6.20 Å². The van der Waals surface area contributed by atoms with Gasteiger partial charge in [0, 0.05) is 6.20 Å². The number of aromatic nitrogens is 1. The number of anilines is 1. The fourth-order valence-electron chi connectivity index (χ4n) is 2.51. The van der Waals surface area contributed by atoms with Gasteiger partial charge in [-0.3, -0.25) is 14.5 Å². The van der Waals surface area contributed by atoms with Crippen molar-refractivity contribution in [3.8, 4) is 0 Å². The minimum atomic E-state index is -0.761. The normalized spacial score (nSPS) is 22.8. The van der Waals surface area contributed by atoms with E-state index in [0.29, 0.717) is 23.8 Å². The monoisotopic (exact) mass is 310 g/mol. The number of primary amides is 1. The van der Waals surface area contributed by atoms with Crippen LogP contribution in [0.2, 0.25) is 5.02 Å². The summed E-state index contributed by atoms with van der Waals surface area (Å²) >= 11 is 5.74. The number of hydrogen-bond acceptors (Lipinski definition) is 4. The lowest BCUT2D eigenvalue weighted by Gasteiger charge is -2.42. The quantitative estimate of drug-likeness (QED) is 0.880. The van der Waals surface area contributed by atoms with Crippen LogP contribution in [-0.2, 0) is 9.59 Å². The van der Waals surface area contributed by atoms with Crippen molar-refractivity contribution >= 4 is 29.2 Å². The van der Waals surface area contributed by atoms with Gasteiger partial charge < -0.3 is 11.1 Å². The molecule has 2 amide bonds. The summed E-state index contributed by atoms with van der Waals surface area (Å²) in [6.45, 7) is 2.59. The highest BCUT2D eigenvalue weighted by Gasteiger charge is 2.40. The molecule has 1 atom stereocenters. The molecule has 7 heteroatoms. The van der Waals surface area contributed by atoms with Gasteiger partial charge in [0.05, 0.1) is 17.1 Å². The second-order valence-electron chi connectivity index (χ2n) is 5.43. The first kappa shape index (κ1) is 15.7. The lowest BCUT2D eigenvalue weighted by atomic mass is 9.87. The average Bonchev–Trinajstić information content (AvgIpc) is 2.44. The van der Waals surface area contributed by atoms with E-state index in [1.807, 2.05) is 4.90 Å². The molecule has 0 spiro atoms. The van der Waals surface area contributed by atoms with Crippen molar-refractivity contribution < 1.29 is 9.59 Å². The molecule has 1 aliphatic heterocycles. The topological polar surface area (TPSA) is 88.3 Å². The van der Waals surface area contributed by atoms with Crippen molar-refractivity contribution in [2.45, 2.75) is 31.7 Å². The van der Waals surface area contributed by atoms with Gasteiger partial charge in [0.15, 0.2) is 0 Å². The zero-order valence-electron chi connectivity index (χ0n) is 11.9. The molecule has 1 aliphatic rings. The first-order valence-corrected chi connectivity index (χ1v) is 7.26. The fraction of sp³-hybridized carbons (Fsp3) is 0.500. The molecule has 0 aromatic carbocycles. The number of carbonyl (C=O) groups is 2. The zero-order valence-corrected chi connectivity index (χ0v) is 12.7. The molecule has 1 fully saturated rings. The molecular weight excluding hydrogens is 292 g/mol. The number of halogens is 1.